The van der Waals surface area contributed by atoms with Crippen LogP contribution in [0, 0.1) is 0 Å². The number of nitrogens with one attached hydrogen (secondary N) is 1. The number of fused-ring (bicyclic) bond motifs is 3. The minimum atomic E-state index is -0.401. The highest BCUT2D eigenvalue weighted by atomic mass is 16.5. The first kappa shape index (κ1) is 18.7. The maximum Gasteiger partial charge on any atom is 0.307 e. The van der Waals surface area contributed by atoms with Gasteiger partial charge < -0.3 is 9.15 Å². The number of furan rings is 1. The summed E-state index contributed by atoms with van der Waals surface area (Å²) in [5, 5.41) is 7.14. The zero-order valence-corrected chi connectivity index (χ0v) is 16.4. The number of para-hydroxylation sites is 1. The molecule has 0 saturated heterocycles. The lowest BCUT2D eigenvalue weighted by molar-refractivity contribution is 0.0929. The number of nitrogens with zero attached hydrogens (tertiary/aromatic N) is 1. The normalized spacial score (nSPS) is 12.5. The van der Waals surface area contributed by atoms with E-state index in [1.165, 1.54) is 0 Å². The molecule has 0 fully saturated rings. The van der Waals surface area contributed by atoms with E-state index >= 15 is 0 Å². The predicted octanol–water partition coefficient (Wildman–Crippen LogP) is 5.53. The van der Waals surface area contributed by atoms with Crippen molar-refractivity contribution in [1.29, 1.82) is 0 Å². The van der Waals surface area contributed by atoms with Gasteiger partial charge in [0.15, 0.2) is 5.76 Å². The zero-order chi connectivity index (χ0) is 20.2. The summed E-state index contributed by atoms with van der Waals surface area (Å²) >= 11 is 0. The molecule has 5 nitrogen and oxygen atoms in total. The first-order valence-electron chi connectivity index (χ1n) is 9.66. The number of hydrazone groups is 1. The molecule has 1 heterocycles. The number of carbonyl (C=O) groups excluding carboxylic acids is 1. The molecule has 0 bridgehead atoms. The van der Waals surface area contributed by atoms with Crippen LogP contribution in [0.3, 0.4) is 0 Å². The Morgan fingerprint density at radius 3 is 2.76 bits per heavy atom. The van der Waals surface area contributed by atoms with Gasteiger partial charge in [-0.05, 0) is 48.4 Å². The molecular formula is C24H22N2O3. The Balaban J connectivity index is 1.53. The molecule has 0 aliphatic carbocycles. The monoisotopic (exact) mass is 386 g/mol. The Kier molecular flexibility index (Phi) is 5.29. The predicted molar refractivity (Wildman–Crippen MR) is 116 cm³/mol. The van der Waals surface area contributed by atoms with Gasteiger partial charge in [0, 0.05) is 10.9 Å². The molecule has 1 amide bonds. The highest BCUT2D eigenvalue weighted by Gasteiger charge is 2.13. The summed E-state index contributed by atoms with van der Waals surface area (Å²) in [5.41, 5.74) is 4.00. The highest BCUT2D eigenvalue weighted by Crippen LogP contribution is 2.28. The second kappa shape index (κ2) is 8.19. The van der Waals surface area contributed by atoms with Crippen LogP contribution < -0.4 is 10.2 Å². The van der Waals surface area contributed by atoms with E-state index in [2.05, 4.69) is 17.5 Å². The lowest BCUT2D eigenvalue weighted by Gasteiger charge is -2.14. The van der Waals surface area contributed by atoms with Crippen molar-refractivity contribution >= 4 is 33.9 Å². The molecule has 0 radical (unpaired) electrons. The van der Waals surface area contributed by atoms with Crippen LogP contribution in [-0.2, 0) is 0 Å². The molecule has 0 saturated carbocycles. The lowest BCUT2D eigenvalue weighted by atomic mass is 10.1. The van der Waals surface area contributed by atoms with Gasteiger partial charge in [0.05, 0.1) is 12.3 Å². The molecule has 5 heteroatoms. The van der Waals surface area contributed by atoms with Gasteiger partial charge in [0.1, 0.15) is 11.3 Å². The Morgan fingerprint density at radius 1 is 1.10 bits per heavy atom. The summed E-state index contributed by atoms with van der Waals surface area (Å²) in [7, 11) is 0. The standard InChI is InChI=1S/C24H22N2O3/c1-3-16(2)28-21-11-7-5-9-18(21)15-25-26-24(27)23-14-20-19-10-6-4-8-17(19)12-13-22(20)29-23/h4-16H,3H2,1-2H3,(H,26,27)/b25-15-/t16-/m0/s1. The molecule has 3 aromatic carbocycles. The smallest absolute Gasteiger partial charge is 0.307 e. The third-order valence-corrected chi connectivity index (χ3v) is 4.84. The third kappa shape index (κ3) is 3.99. The lowest BCUT2D eigenvalue weighted by Crippen LogP contribution is -2.17. The minimum absolute atomic E-state index is 0.101. The summed E-state index contributed by atoms with van der Waals surface area (Å²) in [6.45, 7) is 4.08. The zero-order valence-electron chi connectivity index (χ0n) is 16.4. The van der Waals surface area contributed by atoms with Crippen molar-refractivity contribution in [3.63, 3.8) is 0 Å². The van der Waals surface area contributed by atoms with Gasteiger partial charge in [-0.25, -0.2) is 5.43 Å². The minimum Gasteiger partial charge on any atom is -0.490 e. The number of hydrogen-bond donors (Lipinski definition) is 1. The van der Waals surface area contributed by atoms with E-state index in [1.54, 1.807) is 12.3 Å². The molecule has 29 heavy (non-hydrogen) atoms. The summed E-state index contributed by atoms with van der Waals surface area (Å²) in [5.74, 6) is 0.551. The molecule has 4 aromatic rings. The van der Waals surface area contributed by atoms with Gasteiger partial charge in [-0.3, -0.25) is 4.79 Å². The van der Waals surface area contributed by atoms with Crippen LogP contribution in [0.1, 0.15) is 36.4 Å². The van der Waals surface area contributed by atoms with E-state index in [0.29, 0.717) is 5.58 Å². The summed E-state index contributed by atoms with van der Waals surface area (Å²) < 4.78 is 11.6. The van der Waals surface area contributed by atoms with E-state index < -0.39 is 5.91 Å². The number of hydrogen-bond acceptors (Lipinski definition) is 4. The molecule has 1 N–H and O–H groups in total. The molecule has 0 unspecified atom stereocenters. The van der Waals surface area contributed by atoms with Crippen LogP contribution >= 0.6 is 0 Å². The van der Waals surface area contributed by atoms with Crippen molar-refractivity contribution in [2.75, 3.05) is 0 Å². The van der Waals surface area contributed by atoms with Gasteiger partial charge in [-0.15, -0.1) is 0 Å². The van der Waals surface area contributed by atoms with Gasteiger partial charge in [0.25, 0.3) is 0 Å². The van der Waals surface area contributed by atoms with E-state index in [0.717, 1.165) is 33.9 Å². The van der Waals surface area contributed by atoms with Gasteiger partial charge in [-0.2, -0.15) is 5.10 Å². The number of rotatable bonds is 6. The molecule has 146 valence electrons. The van der Waals surface area contributed by atoms with E-state index in [9.17, 15) is 4.79 Å². The molecule has 0 spiro atoms. The number of amides is 1. The van der Waals surface area contributed by atoms with Crippen LogP contribution in [0.2, 0.25) is 0 Å². The number of ether oxygens (including phenoxy) is 1. The Bertz CT molecular complexity index is 1190. The topological polar surface area (TPSA) is 63.8 Å². The average Bonchev–Trinajstić information content (AvgIpc) is 3.20. The van der Waals surface area contributed by atoms with Crippen LogP contribution in [0.5, 0.6) is 5.75 Å². The van der Waals surface area contributed by atoms with Gasteiger partial charge in [-0.1, -0.05) is 49.4 Å². The Hall–Kier alpha value is -3.60. The first-order valence-corrected chi connectivity index (χ1v) is 9.66. The third-order valence-electron chi connectivity index (χ3n) is 4.84. The quantitative estimate of drug-likeness (QED) is 0.350. The molecular weight excluding hydrogens is 364 g/mol. The summed E-state index contributed by atoms with van der Waals surface area (Å²) in [4.78, 5) is 12.5. The van der Waals surface area contributed by atoms with Gasteiger partial charge >= 0.3 is 5.91 Å². The van der Waals surface area contributed by atoms with Crippen LogP contribution in [0.4, 0.5) is 0 Å². The molecule has 1 atom stereocenters. The van der Waals surface area contributed by atoms with Gasteiger partial charge in [0.2, 0.25) is 0 Å². The molecule has 0 aliphatic heterocycles. The first-order chi connectivity index (χ1) is 14.2. The fourth-order valence-corrected chi connectivity index (χ4v) is 3.11. The largest absolute Gasteiger partial charge is 0.490 e. The van der Waals surface area contributed by atoms with Crippen LogP contribution in [-0.4, -0.2) is 18.2 Å². The van der Waals surface area contributed by atoms with Crippen molar-refractivity contribution in [2.45, 2.75) is 26.4 Å². The van der Waals surface area contributed by atoms with Crippen molar-refractivity contribution in [2.24, 2.45) is 5.10 Å². The molecule has 0 aliphatic rings. The number of carbonyl (C=O) groups is 1. The molecule has 4 rings (SSSR count). The van der Waals surface area contributed by atoms with E-state index in [1.807, 2.05) is 67.6 Å². The fourth-order valence-electron chi connectivity index (χ4n) is 3.11. The average molecular weight is 386 g/mol. The van der Waals surface area contributed by atoms with Crippen molar-refractivity contribution in [3.05, 3.63) is 78.1 Å². The molecule has 1 aromatic heterocycles. The van der Waals surface area contributed by atoms with Crippen LogP contribution in [0.15, 0.2) is 76.2 Å². The number of benzene rings is 3. The van der Waals surface area contributed by atoms with E-state index in [-0.39, 0.29) is 11.9 Å². The second-order valence-electron chi connectivity index (χ2n) is 6.88. The summed E-state index contributed by atoms with van der Waals surface area (Å²) in [6, 6.07) is 21.2. The Labute approximate surface area is 169 Å². The van der Waals surface area contributed by atoms with Crippen molar-refractivity contribution in [3.8, 4) is 5.75 Å². The second-order valence-corrected chi connectivity index (χ2v) is 6.88. The van der Waals surface area contributed by atoms with Crippen LogP contribution in [0.25, 0.3) is 21.7 Å². The fraction of sp³-hybridized carbons (Fsp3) is 0.167. The Morgan fingerprint density at radius 2 is 1.90 bits per heavy atom. The summed E-state index contributed by atoms with van der Waals surface area (Å²) in [6.07, 6.45) is 2.58. The maximum atomic E-state index is 12.5. The SMILES string of the molecule is CC[C@H](C)Oc1ccccc1/C=N\NC(=O)c1cc2c(ccc3ccccc32)o1. The van der Waals surface area contributed by atoms with E-state index in [4.69, 9.17) is 9.15 Å². The maximum absolute atomic E-state index is 12.5. The van der Waals surface area contributed by atoms with Crippen molar-refractivity contribution in [1.82, 2.24) is 5.43 Å². The van der Waals surface area contributed by atoms with Crippen molar-refractivity contribution < 1.29 is 13.9 Å². The highest BCUT2D eigenvalue weighted by molar-refractivity contribution is 6.08.